The second-order valence-electron chi connectivity index (χ2n) is 3.42. The van der Waals surface area contributed by atoms with E-state index in [9.17, 15) is 0 Å². The summed E-state index contributed by atoms with van der Waals surface area (Å²) in [5.74, 6) is 2.65. The van der Waals surface area contributed by atoms with Gasteiger partial charge in [0.1, 0.15) is 5.75 Å². The molecule has 0 spiro atoms. The van der Waals surface area contributed by atoms with E-state index < -0.39 is 0 Å². The summed E-state index contributed by atoms with van der Waals surface area (Å²) in [6, 6.07) is 3.80. The minimum Gasteiger partial charge on any atom is -0.494 e. The molecule has 0 atom stereocenters. The van der Waals surface area contributed by atoms with E-state index >= 15 is 0 Å². The molecule has 1 heterocycles. The van der Waals surface area contributed by atoms with Crippen LogP contribution in [-0.2, 0) is 5.75 Å². The maximum absolute atomic E-state index is 5.25. The van der Waals surface area contributed by atoms with E-state index in [0.29, 0.717) is 17.5 Å². The molecule has 1 aromatic heterocycles. The Labute approximate surface area is 126 Å². The van der Waals surface area contributed by atoms with E-state index in [1.807, 2.05) is 18.4 Å². The molecule has 0 aliphatic rings. The molecule has 2 rings (SSSR count). The van der Waals surface area contributed by atoms with Gasteiger partial charge >= 0.3 is 0 Å². The Bertz CT molecular complexity index is 537. The third-order valence-electron chi connectivity index (χ3n) is 2.20. The Morgan fingerprint density at radius 3 is 2.56 bits per heavy atom. The van der Waals surface area contributed by atoms with Crippen LogP contribution in [-0.4, -0.2) is 23.5 Å². The van der Waals surface area contributed by atoms with Crippen LogP contribution in [0.2, 0.25) is 0 Å². The first-order valence-electron chi connectivity index (χ1n) is 5.00. The lowest BCUT2D eigenvalue weighted by atomic mass is 10.2. The second kappa shape index (κ2) is 6.08. The molecule has 4 nitrogen and oxygen atoms in total. The number of methoxy groups -OCH3 is 1. The van der Waals surface area contributed by atoms with Crippen molar-refractivity contribution >= 4 is 43.6 Å². The Balaban J connectivity index is 2.38. The molecule has 0 fully saturated rings. The van der Waals surface area contributed by atoms with Crippen molar-refractivity contribution in [2.45, 2.75) is 5.75 Å². The molecule has 0 amide bonds. The first kappa shape index (κ1) is 13.9. The average molecular weight is 394 g/mol. The second-order valence-corrected chi connectivity index (χ2v) is 5.99. The highest BCUT2D eigenvalue weighted by atomic mass is 79.9. The van der Waals surface area contributed by atoms with Gasteiger partial charge in [-0.2, -0.15) is 16.7 Å². The van der Waals surface area contributed by atoms with Crippen molar-refractivity contribution in [2.75, 3.05) is 13.4 Å². The fraction of sp³-hybridized carbons (Fsp3) is 0.273. The molecule has 7 heteroatoms. The molecule has 18 heavy (non-hydrogen) atoms. The third-order valence-corrected chi connectivity index (χ3v) is 3.91. The summed E-state index contributed by atoms with van der Waals surface area (Å²) in [7, 11) is 1.62. The van der Waals surface area contributed by atoms with Crippen molar-refractivity contribution in [2.24, 2.45) is 0 Å². The third kappa shape index (κ3) is 2.89. The van der Waals surface area contributed by atoms with Crippen LogP contribution in [0, 0.1) is 0 Å². The number of aromatic nitrogens is 2. The van der Waals surface area contributed by atoms with Gasteiger partial charge in [-0.1, -0.05) is 5.16 Å². The molecule has 0 aliphatic heterocycles. The first-order valence-corrected chi connectivity index (χ1v) is 7.98. The number of hydrogen-bond acceptors (Lipinski definition) is 5. The van der Waals surface area contributed by atoms with Crippen LogP contribution in [0.15, 0.2) is 25.6 Å². The number of hydrogen-bond donors (Lipinski definition) is 0. The highest BCUT2D eigenvalue weighted by Gasteiger charge is 2.13. The van der Waals surface area contributed by atoms with E-state index in [2.05, 4.69) is 42.0 Å². The van der Waals surface area contributed by atoms with Gasteiger partial charge in [0.25, 0.3) is 0 Å². The van der Waals surface area contributed by atoms with Gasteiger partial charge in [-0.25, -0.2) is 0 Å². The number of halogens is 2. The summed E-state index contributed by atoms with van der Waals surface area (Å²) in [5, 5.41) is 3.96. The molecular formula is C11H10Br2N2O2S. The van der Waals surface area contributed by atoms with Crippen LogP contribution in [0.5, 0.6) is 5.75 Å². The average Bonchev–Trinajstić information content (AvgIpc) is 2.78. The van der Waals surface area contributed by atoms with Crippen molar-refractivity contribution in [3.63, 3.8) is 0 Å². The lowest BCUT2D eigenvalue weighted by Crippen LogP contribution is -1.89. The Kier molecular flexibility index (Phi) is 4.69. The molecule has 2 aromatic rings. The molecule has 1 aromatic carbocycles. The van der Waals surface area contributed by atoms with E-state index in [1.54, 1.807) is 18.9 Å². The van der Waals surface area contributed by atoms with Crippen molar-refractivity contribution in [1.29, 1.82) is 0 Å². The first-order chi connectivity index (χ1) is 8.65. The zero-order valence-electron chi connectivity index (χ0n) is 9.74. The van der Waals surface area contributed by atoms with E-state index in [4.69, 9.17) is 9.26 Å². The number of benzene rings is 1. The summed E-state index contributed by atoms with van der Waals surface area (Å²) in [5.41, 5.74) is 0.866. The maximum Gasteiger partial charge on any atom is 0.236 e. The fourth-order valence-corrected chi connectivity index (χ4v) is 3.31. The number of nitrogens with zero attached hydrogens (tertiary/aromatic N) is 2. The van der Waals surface area contributed by atoms with Gasteiger partial charge in [-0.05, 0) is 50.2 Å². The largest absolute Gasteiger partial charge is 0.494 e. The summed E-state index contributed by atoms with van der Waals surface area (Å²) in [6.45, 7) is 0. The van der Waals surface area contributed by atoms with Gasteiger partial charge < -0.3 is 9.26 Å². The number of thioether (sulfide) groups is 1. The van der Waals surface area contributed by atoms with Gasteiger partial charge in [-0.15, -0.1) is 0 Å². The Morgan fingerprint density at radius 1 is 1.33 bits per heavy atom. The predicted molar refractivity (Wildman–Crippen MR) is 78.9 cm³/mol. The van der Waals surface area contributed by atoms with E-state index in [-0.39, 0.29) is 0 Å². The molecule has 0 bridgehead atoms. The molecular weight excluding hydrogens is 384 g/mol. The van der Waals surface area contributed by atoms with Crippen molar-refractivity contribution < 1.29 is 9.26 Å². The van der Waals surface area contributed by atoms with Gasteiger partial charge in [0, 0.05) is 5.56 Å². The fourth-order valence-electron chi connectivity index (χ4n) is 1.44. The van der Waals surface area contributed by atoms with Crippen LogP contribution in [0.4, 0.5) is 0 Å². The maximum atomic E-state index is 5.25. The highest BCUT2D eigenvalue weighted by molar-refractivity contribution is 9.11. The van der Waals surface area contributed by atoms with Crippen molar-refractivity contribution in [3.05, 3.63) is 27.0 Å². The van der Waals surface area contributed by atoms with E-state index in [1.165, 1.54) is 0 Å². The summed E-state index contributed by atoms with van der Waals surface area (Å²) in [4.78, 5) is 4.33. The smallest absolute Gasteiger partial charge is 0.236 e. The van der Waals surface area contributed by atoms with E-state index in [0.717, 1.165) is 20.3 Å². The molecule has 96 valence electrons. The minimum absolute atomic E-state index is 0.572. The lowest BCUT2D eigenvalue weighted by molar-refractivity contribution is 0.391. The predicted octanol–water partition coefficient (Wildman–Crippen LogP) is 4.13. The van der Waals surface area contributed by atoms with Crippen molar-refractivity contribution in [1.82, 2.24) is 10.1 Å². The van der Waals surface area contributed by atoms with Gasteiger partial charge in [0.2, 0.25) is 11.7 Å². The number of rotatable bonds is 4. The monoisotopic (exact) mass is 392 g/mol. The molecule has 0 saturated heterocycles. The zero-order chi connectivity index (χ0) is 13.1. The molecule has 0 unspecified atom stereocenters. The summed E-state index contributed by atoms with van der Waals surface area (Å²) in [6.07, 6.45) is 1.99. The van der Waals surface area contributed by atoms with Crippen LogP contribution in [0.25, 0.3) is 11.4 Å². The molecule has 0 radical (unpaired) electrons. The number of ether oxygens (including phenoxy) is 1. The SMILES string of the molecule is COc1c(Br)cc(-c2noc(CSC)n2)cc1Br. The van der Waals surface area contributed by atoms with Gasteiger partial charge in [0.15, 0.2) is 0 Å². The summed E-state index contributed by atoms with van der Waals surface area (Å²) >= 11 is 8.54. The standard InChI is InChI=1S/C11H10Br2N2O2S/c1-16-10-7(12)3-6(4-8(10)13)11-14-9(5-18-2)17-15-11/h3-4H,5H2,1-2H3. The molecule has 0 aliphatic carbocycles. The van der Waals surface area contributed by atoms with Gasteiger partial charge in [-0.3, -0.25) is 0 Å². The lowest BCUT2D eigenvalue weighted by Gasteiger charge is -2.06. The summed E-state index contributed by atoms with van der Waals surface area (Å²) < 4.78 is 12.1. The minimum atomic E-state index is 0.572. The quantitative estimate of drug-likeness (QED) is 0.781. The molecule has 0 saturated carbocycles. The van der Waals surface area contributed by atoms with Crippen LogP contribution in [0.1, 0.15) is 5.89 Å². The normalized spacial score (nSPS) is 10.7. The van der Waals surface area contributed by atoms with Gasteiger partial charge in [0.05, 0.1) is 21.8 Å². The van der Waals surface area contributed by atoms with Crippen LogP contribution in [0.3, 0.4) is 0 Å². The highest BCUT2D eigenvalue weighted by Crippen LogP contribution is 2.36. The molecule has 0 N–H and O–H groups in total. The Morgan fingerprint density at radius 2 is 2.00 bits per heavy atom. The topological polar surface area (TPSA) is 48.2 Å². The Hall–Kier alpha value is -0.530. The van der Waals surface area contributed by atoms with Crippen molar-refractivity contribution in [3.8, 4) is 17.1 Å². The zero-order valence-corrected chi connectivity index (χ0v) is 13.7. The van der Waals surface area contributed by atoms with Crippen LogP contribution < -0.4 is 4.74 Å². The van der Waals surface area contributed by atoms with Crippen LogP contribution >= 0.6 is 43.6 Å².